The number of hydrogen-bond donors (Lipinski definition) is 0. The molecule has 0 fully saturated rings. The molecule has 0 unspecified atom stereocenters. The maximum Gasteiger partial charge on any atom is 0.167 e. The van der Waals surface area contributed by atoms with Crippen molar-refractivity contribution in [1.82, 2.24) is 0 Å². The molecule has 2 heterocycles. The first-order valence-corrected chi connectivity index (χ1v) is 6.51. The summed E-state index contributed by atoms with van der Waals surface area (Å²) in [4.78, 5) is 12.1. The Labute approximate surface area is 104 Å². The van der Waals surface area contributed by atoms with Gasteiger partial charge in [-0.15, -0.1) is 0 Å². The number of thiophene rings is 1. The number of carbonyl (C=O) groups is 1. The van der Waals surface area contributed by atoms with E-state index in [1.807, 2.05) is 35.0 Å². The lowest BCUT2D eigenvalue weighted by atomic mass is 10.0. The lowest BCUT2D eigenvalue weighted by molar-refractivity contribution is 0.0993. The average Bonchev–Trinajstić information content (AvgIpc) is 2.97. The van der Waals surface area contributed by atoms with Crippen molar-refractivity contribution in [2.75, 3.05) is 0 Å². The molecule has 1 aromatic heterocycles. The lowest BCUT2D eigenvalue weighted by Crippen LogP contribution is -2.03. The van der Waals surface area contributed by atoms with Crippen LogP contribution in [0.2, 0.25) is 0 Å². The molecule has 17 heavy (non-hydrogen) atoms. The van der Waals surface area contributed by atoms with Crippen LogP contribution in [0.5, 0.6) is 0 Å². The molecule has 0 aliphatic carbocycles. The van der Waals surface area contributed by atoms with Gasteiger partial charge in [-0.1, -0.05) is 12.1 Å². The van der Waals surface area contributed by atoms with Crippen LogP contribution in [0.3, 0.4) is 0 Å². The minimum Gasteiger partial charge on any atom is -0.372 e. The molecule has 0 N–H and O–H groups in total. The Balaban J connectivity index is 1.82. The Bertz CT molecular complexity index is 543. The maximum absolute atomic E-state index is 12.1. The van der Waals surface area contributed by atoms with E-state index in [2.05, 4.69) is 0 Å². The highest BCUT2D eigenvalue weighted by atomic mass is 32.1. The number of carbonyl (C=O) groups excluding carboxylic acids is 1. The zero-order chi connectivity index (χ0) is 11.7. The summed E-state index contributed by atoms with van der Waals surface area (Å²) < 4.78 is 5.35. The minimum atomic E-state index is 0.179. The van der Waals surface area contributed by atoms with Crippen LogP contribution >= 0.6 is 11.3 Å². The summed E-state index contributed by atoms with van der Waals surface area (Å²) in [7, 11) is 0. The highest BCUT2D eigenvalue weighted by Gasteiger charge is 2.14. The van der Waals surface area contributed by atoms with E-state index >= 15 is 0 Å². The van der Waals surface area contributed by atoms with Crippen molar-refractivity contribution in [2.24, 2.45) is 0 Å². The Morgan fingerprint density at radius 3 is 2.94 bits per heavy atom. The summed E-state index contributed by atoms with van der Waals surface area (Å²) in [5.41, 5.74) is 4.25. The second-order valence-corrected chi connectivity index (χ2v) is 4.99. The van der Waals surface area contributed by atoms with Crippen LogP contribution in [0.4, 0.5) is 0 Å². The molecule has 0 radical (unpaired) electrons. The number of hydrogen-bond acceptors (Lipinski definition) is 3. The standard InChI is InChI=1S/C14H12O2S/c15-14(5-10-3-4-17-9-10)11-1-2-12-7-16-8-13(12)6-11/h1-4,6,9H,5,7-8H2. The van der Waals surface area contributed by atoms with Gasteiger partial charge >= 0.3 is 0 Å². The molecule has 2 nitrogen and oxygen atoms in total. The fraction of sp³-hybridized carbons (Fsp3) is 0.214. The lowest BCUT2D eigenvalue weighted by Gasteiger charge is -2.02. The van der Waals surface area contributed by atoms with Gasteiger partial charge in [0.05, 0.1) is 13.2 Å². The fourth-order valence-corrected chi connectivity index (χ4v) is 2.69. The predicted molar refractivity (Wildman–Crippen MR) is 67.3 cm³/mol. The molecule has 0 saturated carbocycles. The minimum absolute atomic E-state index is 0.179. The van der Waals surface area contributed by atoms with E-state index in [-0.39, 0.29) is 5.78 Å². The second-order valence-electron chi connectivity index (χ2n) is 4.21. The van der Waals surface area contributed by atoms with Crippen molar-refractivity contribution < 1.29 is 9.53 Å². The molecule has 1 aliphatic heterocycles. The van der Waals surface area contributed by atoms with Gasteiger partial charge < -0.3 is 4.74 Å². The first-order valence-electron chi connectivity index (χ1n) is 5.57. The van der Waals surface area contributed by atoms with E-state index < -0.39 is 0 Å². The topological polar surface area (TPSA) is 26.3 Å². The van der Waals surface area contributed by atoms with Crippen molar-refractivity contribution in [3.05, 3.63) is 57.3 Å². The van der Waals surface area contributed by atoms with Crippen molar-refractivity contribution in [1.29, 1.82) is 0 Å². The molecule has 3 heteroatoms. The molecule has 1 aromatic carbocycles. The van der Waals surface area contributed by atoms with Gasteiger partial charge in [0.2, 0.25) is 0 Å². The highest BCUT2D eigenvalue weighted by Crippen LogP contribution is 2.21. The van der Waals surface area contributed by atoms with E-state index in [1.165, 1.54) is 5.56 Å². The number of Topliss-reactive ketones (excluding diaryl/α,β-unsaturated/α-hetero) is 1. The van der Waals surface area contributed by atoms with Crippen LogP contribution in [0.15, 0.2) is 35.0 Å². The van der Waals surface area contributed by atoms with Crippen LogP contribution in [0.25, 0.3) is 0 Å². The van der Waals surface area contributed by atoms with Gasteiger partial charge in [0.15, 0.2) is 5.78 Å². The largest absolute Gasteiger partial charge is 0.372 e. The third kappa shape index (κ3) is 2.16. The third-order valence-corrected chi connectivity index (χ3v) is 3.72. The van der Waals surface area contributed by atoms with E-state index in [0.717, 1.165) is 16.7 Å². The normalized spacial score (nSPS) is 13.6. The third-order valence-electron chi connectivity index (χ3n) is 2.99. The van der Waals surface area contributed by atoms with Crippen molar-refractivity contribution in [3.8, 4) is 0 Å². The molecule has 86 valence electrons. The summed E-state index contributed by atoms with van der Waals surface area (Å²) in [6, 6.07) is 7.88. The summed E-state index contributed by atoms with van der Waals surface area (Å²) in [6.45, 7) is 1.31. The van der Waals surface area contributed by atoms with E-state index in [0.29, 0.717) is 19.6 Å². The Kier molecular flexibility index (Phi) is 2.79. The summed E-state index contributed by atoms with van der Waals surface area (Å²) >= 11 is 1.62. The van der Waals surface area contributed by atoms with Crippen LogP contribution in [-0.2, 0) is 24.4 Å². The van der Waals surface area contributed by atoms with E-state index in [1.54, 1.807) is 11.3 Å². The molecule has 3 rings (SSSR count). The van der Waals surface area contributed by atoms with Crippen LogP contribution in [0.1, 0.15) is 27.0 Å². The van der Waals surface area contributed by atoms with E-state index in [9.17, 15) is 4.79 Å². The Hall–Kier alpha value is -1.45. The molecular formula is C14H12O2S. The van der Waals surface area contributed by atoms with Crippen molar-refractivity contribution in [2.45, 2.75) is 19.6 Å². The van der Waals surface area contributed by atoms with Gasteiger partial charge in [-0.25, -0.2) is 0 Å². The zero-order valence-electron chi connectivity index (χ0n) is 9.31. The number of ketones is 1. The molecule has 0 atom stereocenters. The Morgan fingerprint density at radius 1 is 1.24 bits per heavy atom. The van der Waals surface area contributed by atoms with Gasteiger partial charge in [0.1, 0.15) is 0 Å². The summed E-state index contributed by atoms with van der Waals surface area (Å²) in [6.07, 6.45) is 0.489. The average molecular weight is 244 g/mol. The number of fused-ring (bicyclic) bond motifs is 1. The molecule has 2 aromatic rings. The van der Waals surface area contributed by atoms with Crippen LogP contribution in [0, 0.1) is 0 Å². The first kappa shape index (κ1) is 10.7. The second kappa shape index (κ2) is 4.43. The monoisotopic (exact) mass is 244 g/mol. The number of ether oxygens (including phenoxy) is 1. The fourth-order valence-electron chi connectivity index (χ4n) is 2.03. The van der Waals surface area contributed by atoms with Crippen LogP contribution < -0.4 is 0 Å². The summed E-state index contributed by atoms with van der Waals surface area (Å²) in [5.74, 6) is 0.179. The molecule has 0 saturated heterocycles. The predicted octanol–water partition coefficient (Wildman–Crippen LogP) is 3.20. The van der Waals surface area contributed by atoms with Crippen molar-refractivity contribution in [3.63, 3.8) is 0 Å². The van der Waals surface area contributed by atoms with Gasteiger partial charge in [-0.05, 0) is 39.6 Å². The zero-order valence-corrected chi connectivity index (χ0v) is 10.1. The van der Waals surface area contributed by atoms with Gasteiger partial charge in [-0.2, -0.15) is 11.3 Å². The molecular weight excluding hydrogens is 232 g/mol. The maximum atomic E-state index is 12.1. The highest BCUT2D eigenvalue weighted by molar-refractivity contribution is 7.08. The van der Waals surface area contributed by atoms with E-state index in [4.69, 9.17) is 4.74 Å². The van der Waals surface area contributed by atoms with Gasteiger partial charge in [0.25, 0.3) is 0 Å². The smallest absolute Gasteiger partial charge is 0.167 e. The first-order chi connectivity index (χ1) is 8.33. The number of benzene rings is 1. The quantitative estimate of drug-likeness (QED) is 0.775. The molecule has 1 aliphatic rings. The molecule has 0 spiro atoms. The van der Waals surface area contributed by atoms with Crippen molar-refractivity contribution >= 4 is 17.1 Å². The van der Waals surface area contributed by atoms with Crippen LogP contribution in [-0.4, -0.2) is 5.78 Å². The molecule has 0 bridgehead atoms. The Morgan fingerprint density at radius 2 is 2.12 bits per heavy atom. The molecule has 0 amide bonds. The summed E-state index contributed by atoms with van der Waals surface area (Å²) in [5, 5.41) is 4.02. The van der Waals surface area contributed by atoms with Gasteiger partial charge in [-0.3, -0.25) is 4.79 Å². The SMILES string of the molecule is O=C(Cc1ccsc1)c1ccc2c(c1)COC2. The number of rotatable bonds is 3. The van der Waals surface area contributed by atoms with Gasteiger partial charge in [0, 0.05) is 12.0 Å².